The third-order valence-electron chi connectivity index (χ3n) is 3.62. The summed E-state index contributed by atoms with van der Waals surface area (Å²) in [5.41, 5.74) is 1.04. The Morgan fingerprint density at radius 3 is 2.64 bits per heavy atom. The molecule has 0 radical (unpaired) electrons. The molecule has 0 aliphatic heterocycles. The van der Waals surface area contributed by atoms with Gasteiger partial charge in [-0.05, 0) is 26.8 Å². The van der Waals surface area contributed by atoms with Crippen molar-refractivity contribution in [2.75, 3.05) is 5.32 Å². The monoisotopic (exact) mass is 341 g/mol. The predicted octanol–water partition coefficient (Wildman–Crippen LogP) is 1.09. The molecule has 0 atom stereocenters. The lowest BCUT2D eigenvalue weighted by molar-refractivity contribution is 0.102. The zero-order chi connectivity index (χ0) is 18.1. The summed E-state index contributed by atoms with van der Waals surface area (Å²) < 4.78 is 6.02. The second-order valence-electron chi connectivity index (χ2n) is 5.48. The Labute approximate surface area is 141 Å². The van der Waals surface area contributed by atoms with Gasteiger partial charge in [-0.15, -0.1) is 0 Å². The minimum atomic E-state index is -0.547. The fourth-order valence-electron chi connectivity index (χ4n) is 2.16. The van der Waals surface area contributed by atoms with E-state index in [2.05, 4.69) is 24.8 Å². The quantitative estimate of drug-likeness (QED) is 0.735. The first-order chi connectivity index (χ1) is 11.8. The minimum absolute atomic E-state index is 0.173. The van der Waals surface area contributed by atoms with Crippen molar-refractivity contribution in [3.8, 4) is 5.95 Å². The minimum Gasteiger partial charge on any atom is -0.430 e. The summed E-state index contributed by atoms with van der Waals surface area (Å²) in [6.45, 7) is 5.13. The average molecular weight is 341 g/mol. The lowest BCUT2D eigenvalue weighted by atomic mass is 10.3. The van der Waals surface area contributed by atoms with Crippen LogP contribution in [0.15, 0.2) is 38.5 Å². The number of hydrogen-bond donors (Lipinski definition) is 2. The van der Waals surface area contributed by atoms with E-state index < -0.39 is 11.5 Å². The fraction of sp³-hybridized carbons (Fsp3) is 0.188. The number of amides is 1. The number of anilines is 1. The van der Waals surface area contributed by atoms with Crippen LogP contribution in [0.25, 0.3) is 5.95 Å². The molecule has 0 aliphatic carbocycles. The van der Waals surface area contributed by atoms with Crippen molar-refractivity contribution in [2.24, 2.45) is 0 Å². The predicted molar refractivity (Wildman–Crippen MR) is 89.1 cm³/mol. The Balaban J connectivity index is 1.99. The second-order valence-corrected chi connectivity index (χ2v) is 5.48. The molecule has 3 aromatic heterocycles. The third-order valence-corrected chi connectivity index (χ3v) is 3.62. The molecular weight excluding hydrogens is 326 g/mol. The molecule has 2 N–H and O–H groups in total. The number of H-pyrrole nitrogens is 1. The first-order valence-electron chi connectivity index (χ1n) is 7.40. The Morgan fingerprint density at radius 2 is 2.00 bits per heavy atom. The summed E-state index contributed by atoms with van der Waals surface area (Å²) in [6.07, 6.45) is 1.07. The molecule has 3 aromatic rings. The van der Waals surface area contributed by atoms with Crippen molar-refractivity contribution >= 4 is 11.7 Å². The van der Waals surface area contributed by atoms with Crippen LogP contribution >= 0.6 is 0 Å². The van der Waals surface area contributed by atoms with E-state index in [1.54, 1.807) is 26.8 Å². The van der Waals surface area contributed by atoms with E-state index in [9.17, 15) is 14.4 Å². The van der Waals surface area contributed by atoms with E-state index in [0.717, 1.165) is 12.3 Å². The summed E-state index contributed by atoms with van der Waals surface area (Å²) in [7, 11) is 0. The van der Waals surface area contributed by atoms with Crippen LogP contribution in [-0.4, -0.2) is 25.7 Å². The highest BCUT2D eigenvalue weighted by Gasteiger charge is 2.15. The molecule has 0 saturated carbocycles. The molecule has 25 heavy (non-hydrogen) atoms. The lowest BCUT2D eigenvalue weighted by Gasteiger charge is -2.09. The number of aromatic amines is 1. The molecule has 0 saturated heterocycles. The number of carbonyl (C=O) groups excluding carboxylic acids is 1. The first-order valence-corrected chi connectivity index (χ1v) is 7.40. The first kappa shape index (κ1) is 16.4. The molecule has 9 heteroatoms. The van der Waals surface area contributed by atoms with E-state index in [0.29, 0.717) is 22.8 Å². The maximum atomic E-state index is 12.3. The number of nitrogens with zero attached hydrogens (tertiary/aromatic N) is 3. The summed E-state index contributed by atoms with van der Waals surface area (Å²) in [4.78, 5) is 42.2. The Hall–Kier alpha value is -3.49. The Bertz CT molecular complexity index is 1060. The lowest BCUT2D eigenvalue weighted by Crippen LogP contribution is -2.21. The van der Waals surface area contributed by atoms with Gasteiger partial charge in [0.1, 0.15) is 12.1 Å². The molecule has 0 spiro atoms. The van der Waals surface area contributed by atoms with Gasteiger partial charge in [0.05, 0.1) is 11.3 Å². The molecule has 0 aliphatic rings. The fourth-order valence-corrected chi connectivity index (χ4v) is 2.16. The molecule has 128 valence electrons. The van der Waals surface area contributed by atoms with Gasteiger partial charge < -0.3 is 9.73 Å². The zero-order valence-corrected chi connectivity index (χ0v) is 13.8. The van der Waals surface area contributed by atoms with E-state index in [1.807, 2.05) is 0 Å². The molecule has 3 rings (SSSR count). The maximum absolute atomic E-state index is 12.3. The van der Waals surface area contributed by atoms with Crippen LogP contribution in [0.3, 0.4) is 0 Å². The second kappa shape index (κ2) is 6.19. The largest absolute Gasteiger partial charge is 0.430 e. The highest BCUT2D eigenvalue weighted by atomic mass is 16.4. The maximum Gasteiger partial charge on any atom is 0.335 e. The highest BCUT2D eigenvalue weighted by molar-refractivity contribution is 6.03. The van der Waals surface area contributed by atoms with E-state index >= 15 is 0 Å². The molecule has 1 amide bonds. The number of hydrogen-bond acceptors (Lipinski definition) is 6. The smallest absolute Gasteiger partial charge is 0.335 e. The van der Waals surface area contributed by atoms with Crippen molar-refractivity contribution in [1.29, 1.82) is 0 Å². The number of nitrogens with one attached hydrogen (secondary N) is 2. The SMILES string of the molecule is Cc1cc(NC(=O)c2ccc(=O)oc2)n(-c2nc(C)c(C)c(=O)[nH]2)n1. The molecule has 9 nitrogen and oxygen atoms in total. The van der Waals surface area contributed by atoms with Crippen LogP contribution in [0.5, 0.6) is 0 Å². The van der Waals surface area contributed by atoms with Crippen molar-refractivity contribution in [3.05, 3.63) is 67.8 Å². The average Bonchev–Trinajstić information content (AvgIpc) is 2.93. The highest BCUT2D eigenvalue weighted by Crippen LogP contribution is 2.15. The molecular formula is C16H15N5O4. The van der Waals surface area contributed by atoms with Gasteiger partial charge in [-0.2, -0.15) is 9.78 Å². The number of aromatic nitrogens is 4. The van der Waals surface area contributed by atoms with Crippen molar-refractivity contribution in [1.82, 2.24) is 19.7 Å². The molecule has 0 bridgehead atoms. The Kier molecular flexibility index (Phi) is 4.05. The van der Waals surface area contributed by atoms with Crippen LogP contribution in [-0.2, 0) is 0 Å². The summed E-state index contributed by atoms with van der Waals surface area (Å²) in [5, 5.41) is 6.91. The number of aryl methyl sites for hydroxylation is 2. The number of rotatable bonds is 3. The standard InChI is InChI=1S/C16H15N5O4/c1-8-6-12(18-15(24)11-4-5-13(22)25-7-11)21(20-8)16-17-10(3)9(2)14(23)19-16/h4-7H,1-3H3,(H,18,24)(H,17,19,23). The van der Waals surface area contributed by atoms with Crippen LogP contribution in [0, 0.1) is 20.8 Å². The van der Waals surface area contributed by atoms with Gasteiger partial charge in [0, 0.05) is 23.4 Å². The normalized spacial score (nSPS) is 10.7. The van der Waals surface area contributed by atoms with E-state index in [4.69, 9.17) is 0 Å². The molecule has 0 fully saturated rings. The van der Waals surface area contributed by atoms with Gasteiger partial charge in [0.25, 0.3) is 11.5 Å². The van der Waals surface area contributed by atoms with E-state index in [-0.39, 0.29) is 17.1 Å². The third kappa shape index (κ3) is 3.25. The van der Waals surface area contributed by atoms with Gasteiger partial charge in [-0.3, -0.25) is 14.6 Å². The van der Waals surface area contributed by atoms with Gasteiger partial charge in [-0.1, -0.05) is 0 Å². The summed E-state index contributed by atoms with van der Waals surface area (Å²) >= 11 is 0. The van der Waals surface area contributed by atoms with Crippen LogP contribution < -0.4 is 16.5 Å². The van der Waals surface area contributed by atoms with E-state index in [1.165, 1.54) is 10.7 Å². The van der Waals surface area contributed by atoms with Crippen LogP contribution in [0.2, 0.25) is 0 Å². The van der Waals surface area contributed by atoms with Crippen LogP contribution in [0.4, 0.5) is 5.82 Å². The van der Waals surface area contributed by atoms with Crippen molar-refractivity contribution in [2.45, 2.75) is 20.8 Å². The van der Waals surface area contributed by atoms with Crippen molar-refractivity contribution in [3.63, 3.8) is 0 Å². The molecule has 3 heterocycles. The zero-order valence-electron chi connectivity index (χ0n) is 13.8. The van der Waals surface area contributed by atoms with Gasteiger partial charge in [0.2, 0.25) is 5.95 Å². The summed E-state index contributed by atoms with van der Waals surface area (Å²) in [5.74, 6) is 0.0206. The van der Waals surface area contributed by atoms with Gasteiger partial charge >= 0.3 is 5.63 Å². The van der Waals surface area contributed by atoms with Crippen LogP contribution in [0.1, 0.15) is 27.3 Å². The van der Waals surface area contributed by atoms with Crippen molar-refractivity contribution < 1.29 is 9.21 Å². The molecule has 0 unspecified atom stereocenters. The van der Waals surface area contributed by atoms with Gasteiger partial charge in [-0.25, -0.2) is 9.78 Å². The summed E-state index contributed by atoms with van der Waals surface area (Å²) in [6, 6.07) is 4.14. The number of carbonyl (C=O) groups is 1. The molecule has 0 aromatic carbocycles. The Morgan fingerprint density at radius 1 is 1.24 bits per heavy atom. The van der Waals surface area contributed by atoms with Gasteiger partial charge in [0.15, 0.2) is 0 Å². The topological polar surface area (TPSA) is 123 Å².